The van der Waals surface area contributed by atoms with Crippen molar-refractivity contribution >= 4 is 0 Å². The quantitative estimate of drug-likeness (QED) is 0.412. The van der Waals surface area contributed by atoms with Crippen LogP contribution < -0.4 is 20.1 Å². The second kappa shape index (κ2) is 13.4. The molecule has 0 amide bonds. The van der Waals surface area contributed by atoms with Gasteiger partial charge in [0.1, 0.15) is 43.1 Å². The molecule has 3 rings (SSSR count). The minimum atomic E-state index is -0.511. The lowest BCUT2D eigenvalue weighted by Gasteiger charge is -2.20. The molecule has 1 fully saturated rings. The van der Waals surface area contributed by atoms with Gasteiger partial charge in [-0.25, -0.2) is 4.39 Å². The molecule has 0 heterocycles. The van der Waals surface area contributed by atoms with Gasteiger partial charge in [0.15, 0.2) is 0 Å². The summed E-state index contributed by atoms with van der Waals surface area (Å²) in [7, 11) is 1.63. The van der Waals surface area contributed by atoms with E-state index in [1.807, 2.05) is 30.3 Å². The third kappa shape index (κ3) is 8.08. The summed E-state index contributed by atoms with van der Waals surface area (Å²) in [4.78, 5) is 0. The molecule has 0 spiro atoms. The highest BCUT2D eigenvalue weighted by molar-refractivity contribution is 5.40. The monoisotopic (exact) mass is 446 g/mol. The highest BCUT2D eigenvalue weighted by Crippen LogP contribution is 2.24. The second-order valence-electron chi connectivity index (χ2n) is 8.83. The van der Waals surface area contributed by atoms with Crippen LogP contribution in [0.1, 0.15) is 43.2 Å². The summed E-state index contributed by atoms with van der Waals surface area (Å²) in [6, 6.07) is 12.7. The molecule has 1 aliphatic carbocycles. The molecule has 176 valence electrons. The standard InChI is InChI=1S/C26H37FN2O3/c1-31-24-12-11-22(17-28-14-13-21-9-5-6-10-25(21)27)26(15-24)32-19-23(30)18-29-16-20-7-3-2-4-8-20/h5-6,9-12,15,20,23,28-30H,2-4,7-8,13-14,16-19H2,1H3/p+2/t23-/m1/s1. The minimum absolute atomic E-state index is 0.149. The molecular formula is C26H39FN2O3+2. The van der Waals surface area contributed by atoms with Crippen molar-refractivity contribution < 1.29 is 29.6 Å². The predicted molar refractivity (Wildman–Crippen MR) is 123 cm³/mol. The first-order valence-electron chi connectivity index (χ1n) is 12.0. The van der Waals surface area contributed by atoms with Crippen LogP contribution in [0.5, 0.6) is 11.5 Å². The van der Waals surface area contributed by atoms with Crippen molar-refractivity contribution in [1.29, 1.82) is 0 Å². The van der Waals surface area contributed by atoms with Crippen LogP contribution in [0, 0.1) is 11.7 Å². The number of aliphatic hydroxyl groups is 1. The van der Waals surface area contributed by atoms with Crippen LogP contribution in [-0.4, -0.2) is 44.6 Å². The van der Waals surface area contributed by atoms with Gasteiger partial charge in [0.05, 0.1) is 20.2 Å². The Morgan fingerprint density at radius 3 is 2.66 bits per heavy atom. The van der Waals surface area contributed by atoms with Crippen LogP contribution in [0.4, 0.5) is 4.39 Å². The van der Waals surface area contributed by atoms with Gasteiger partial charge in [-0.05, 0) is 36.6 Å². The molecular weight excluding hydrogens is 407 g/mol. The maximum Gasteiger partial charge on any atom is 0.137 e. The van der Waals surface area contributed by atoms with Crippen molar-refractivity contribution in [3.63, 3.8) is 0 Å². The fourth-order valence-electron chi connectivity index (χ4n) is 4.38. The molecule has 0 saturated heterocycles. The number of nitrogens with two attached hydrogens (primary N) is 2. The van der Waals surface area contributed by atoms with Crippen molar-refractivity contribution in [3.8, 4) is 11.5 Å². The molecule has 32 heavy (non-hydrogen) atoms. The van der Waals surface area contributed by atoms with E-state index in [1.165, 1.54) is 38.2 Å². The molecule has 1 aliphatic rings. The number of quaternary nitrogens is 2. The fourth-order valence-corrected chi connectivity index (χ4v) is 4.38. The number of hydrogen-bond acceptors (Lipinski definition) is 3. The van der Waals surface area contributed by atoms with Gasteiger partial charge >= 0.3 is 0 Å². The third-order valence-electron chi connectivity index (χ3n) is 6.31. The lowest BCUT2D eigenvalue weighted by atomic mass is 9.89. The Bertz CT molecular complexity index is 811. The molecule has 5 N–H and O–H groups in total. The van der Waals surface area contributed by atoms with Crippen molar-refractivity contribution in [2.45, 2.75) is 51.2 Å². The van der Waals surface area contributed by atoms with E-state index >= 15 is 0 Å². The minimum Gasteiger partial charge on any atom is -0.497 e. The van der Waals surface area contributed by atoms with E-state index in [0.717, 1.165) is 48.2 Å². The number of methoxy groups -OCH3 is 1. The average Bonchev–Trinajstić information content (AvgIpc) is 2.82. The lowest BCUT2D eigenvalue weighted by Crippen LogP contribution is -2.88. The van der Waals surface area contributed by atoms with Crippen molar-refractivity contribution in [1.82, 2.24) is 0 Å². The van der Waals surface area contributed by atoms with Crippen LogP contribution >= 0.6 is 0 Å². The predicted octanol–water partition coefficient (Wildman–Crippen LogP) is 2.02. The largest absolute Gasteiger partial charge is 0.497 e. The molecule has 1 saturated carbocycles. The number of benzene rings is 2. The molecule has 0 bridgehead atoms. The lowest BCUT2D eigenvalue weighted by molar-refractivity contribution is -0.670. The maximum absolute atomic E-state index is 13.8. The summed E-state index contributed by atoms with van der Waals surface area (Å²) in [6.45, 7) is 3.52. The Labute approximate surface area is 191 Å². The van der Waals surface area contributed by atoms with Gasteiger partial charge in [-0.1, -0.05) is 37.5 Å². The molecule has 2 aromatic rings. The van der Waals surface area contributed by atoms with E-state index < -0.39 is 6.10 Å². The number of aliphatic hydroxyl groups excluding tert-OH is 1. The smallest absolute Gasteiger partial charge is 0.137 e. The molecule has 0 unspecified atom stereocenters. The van der Waals surface area contributed by atoms with Gasteiger partial charge < -0.3 is 25.2 Å². The fraction of sp³-hybridized carbons (Fsp3) is 0.538. The van der Waals surface area contributed by atoms with Crippen molar-refractivity contribution in [3.05, 3.63) is 59.4 Å². The van der Waals surface area contributed by atoms with E-state index in [9.17, 15) is 9.50 Å². The summed E-state index contributed by atoms with van der Waals surface area (Å²) in [5.41, 5.74) is 1.78. The second-order valence-corrected chi connectivity index (χ2v) is 8.83. The summed E-state index contributed by atoms with van der Waals surface area (Å²) in [6.07, 6.45) is 6.88. The number of hydrogen-bond donors (Lipinski definition) is 3. The Kier molecular flexibility index (Phi) is 10.3. The zero-order chi connectivity index (χ0) is 22.6. The SMILES string of the molecule is COc1ccc(C[NH2+]CCc2ccccc2F)c(OC[C@H](O)C[NH2+]CC2CCCCC2)c1. The van der Waals surface area contributed by atoms with Gasteiger partial charge in [-0.15, -0.1) is 0 Å². The Morgan fingerprint density at radius 2 is 1.88 bits per heavy atom. The molecule has 1 atom stereocenters. The highest BCUT2D eigenvalue weighted by atomic mass is 19.1. The molecule has 6 heteroatoms. The topological polar surface area (TPSA) is 71.9 Å². The summed E-state index contributed by atoms with van der Waals surface area (Å²) < 4.78 is 25.1. The van der Waals surface area contributed by atoms with Crippen LogP contribution in [-0.2, 0) is 13.0 Å². The first kappa shape index (κ1) is 24.5. The molecule has 5 nitrogen and oxygen atoms in total. The first-order chi connectivity index (χ1) is 15.7. The van der Waals surface area contributed by atoms with Gasteiger partial charge in [0.25, 0.3) is 0 Å². The van der Waals surface area contributed by atoms with Gasteiger partial charge in [0.2, 0.25) is 0 Å². The molecule has 0 radical (unpaired) electrons. The highest BCUT2D eigenvalue weighted by Gasteiger charge is 2.17. The normalized spacial score (nSPS) is 15.5. The van der Waals surface area contributed by atoms with Crippen LogP contribution in [0.3, 0.4) is 0 Å². The van der Waals surface area contributed by atoms with Crippen LogP contribution in [0.15, 0.2) is 42.5 Å². The zero-order valence-electron chi connectivity index (χ0n) is 19.3. The van der Waals surface area contributed by atoms with E-state index in [-0.39, 0.29) is 12.4 Å². The van der Waals surface area contributed by atoms with Crippen LogP contribution in [0.2, 0.25) is 0 Å². The Hall–Kier alpha value is -2.15. The zero-order valence-corrected chi connectivity index (χ0v) is 19.3. The van der Waals surface area contributed by atoms with E-state index in [1.54, 1.807) is 13.2 Å². The van der Waals surface area contributed by atoms with E-state index in [0.29, 0.717) is 13.0 Å². The third-order valence-corrected chi connectivity index (χ3v) is 6.31. The Balaban J connectivity index is 1.44. The molecule has 0 aromatic heterocycles. The summed E-state index contributed by atoms with van der Waals surface area (Å²) in [5, 5.41) is 14.8. The Morgan fingerprint density at radius 1 is 1.06 bits per heavy atom. The van der Waals surface area contributed by atoms with Gasteiger partial charge in [-0.2, -0.15) is 0 Å². The number of rotatable bonds is 13. The molecule has 0 aliphatic heterocycles. The number of ether oxygens (including phenoxy) is 2. The summed E-state index contributed by atoms with van der Waals surface area (Å²) in [5.74, 6) is 2.11. The van der Waals surface area contributed by atoms with Gasteiger partial charge in [0, 0.05) is 24.0 Å². The maximum atomic E-state index is 13.8. The van der Waals surface area contributed by atoms with Crippen LogP contribution in [0.25, 0.3) is 0 Å². The average molecular weight is 447 g/mol. The van der Waals surface area contributed by atoms with Crippen molar-refractivity contribution in [2.75, 3.05) is 33.4 Å². The summed E-state index contributed by atoms with van der Waals surface area (Å²) >= 11 is 0. The first-order valence-corrected chi connectivity index (χ1v) is 12.0. The van der Waals surface area contributed by atoms with Gasteiger partial charge in [-0.3, -0.25) is 0 Å². The number of halogens is 1. The molecule has 2 aromatic carbocycles. The van der Waals surface area contributed by atoms with E-state index in [4.69, 9.17) is 9.47 Å². The van der Waals surface area contributed by atoms with E-state index in [2.05, 4.69) is 10.6 Å². The van der Waals surface area contributed by atoms with Crippen molar-refractivity contribution in [2.24, 2.45) is 5.92 Å².